The van der Waals surface area contributed by atoms with Crippen LogP contribution in [0.3, 0.4) is 0 Å². The molecule has 21 heavy (non-hydrogen) atoms. The second-order valence-corrected chi connectivity index (χ2v) is 6.85. The van der Waals surface area contributed by atoms with E-state index >= 15 is 0 Å². The molecule has 0 radical (unpaired) electrons. The number of carbonyl (C=O) groups is 1. The zero-order valence-corrected chi connectivity index (χ0v) is 12.7. The molecule has 0 bridgehead atoms. The summed E-state index contributed by atoms with van der Waals surface area (Å²) in [5.74, 6) is -0.423. The van der Waals surface area contributed by atoms with Crippen molar-refractivity contribution in [3.05, 3.63) is 17.7 Å². The minimum atomic E-state index is -3.88. The van der Waals surface area contributed by atoms with Crippen LogP contribution in [0.1, 0.15) is 24.8 Å². The van der Waals surface area contributed by atoms with E-state index in [0.717, 1.165) is 12.8 Å². The van der Waals surface area contributed by atoms with Crippen molar-refractivity contribution in [3.63, 3.8) is 0 Å². The molecule has 1 amide bonds. The zero-order valence-electron chi connectivity index (χ0n) is 11.9. The standard InChI is InChI=1S/C13H20N4O3S/c1-8-11(6-9(14)7-12(8)21(16,19)20)17-5-3-2-4-10(17)13(15)18/h6-7,10H,2-5,14H2,1H3,(H2,15,18)(H2,16,19,20). The number of primary amides is 1. The largest absolute Gasteiger partial charge is 0.399 e. The van der Waals surface area contributed by atoms with E-state index in [0.29, 0.717) is 24.2 Å². The van der Waals surface area contributed by atoms with Crippen molar-refractivity contribution in [2.75, 3.05) is 17.2 Å². The first kappa shape index (κ1) is 15.6. The van der Waals surface area contributed by atoms with Crippen molar-refractivity contribution < 1.29 is 13.2 Å². The fourth-order valence-electron chi connectivity index (χ4n) is 2.80. The molecular formula is C13H20N4O3S. The predicted octanol–water partition coefficient (Wildman–Crippen LogP) is 0.0688. The van der Waals surface area contributed by atoms with E-state index in [1.54, 1.807) is 13.0 Å². The molecule has 0 spiro atoms. The van der Waals surface area contributed by atoms with Crippen molar-refractivity contribution in [1.82, 2.24) is 0 Å². The number of hydrogen-bond donors (Lipinski definition) is 3. The van der Waals surface area contributed by atoms with Gasteiger partial charge in [0.1, 0.15) is 6.04 Å². The van der Waals surface area contributed by atoms with Gasteiger partial charge in [-0.2, -0.15) is 0 Å². The van der Waals surface area contributed by atoms with Crippen molar-refractivity contribution in [2.45, 2.75) is 37.1 Å². The van der Waals surface area contributed by atoms with Gasteiger partial charge in [0.05, 0.1) is 4.90 Å². The summed E-state index contributed by atoms with van der Waals surface area (Å²) in [4.78, 5) is 13.4. The third kappa shape index (κ3) is 3.11. The lowest BCUT2D eigenvalue weighted by atomic mass is 9.99. The molecule has 1 atom stereocenters. The first-order valence-electron chi connectivity index (χ1n) is 6.70. The minimum absolute atomic E-state index is 0.0220. The monoisotopic (exact) mass is 312 g/mol. The van der Waals surface area contributed by atoms with Crippen LogP contribution in [0.2, 0.25) is 0 Å². The van der Waals surface area contributed by atoms with Gasteiger partial charge in [-0.25, -0.2) is 13.6 Å². The average molecular weight is 312 g/mol. The number of rotatable bonds is 3. The number of anilines is 2. The lowest BCUT2D eigenvalue weighted by Crippen LogP contribution is -2.48. The first-order chi connectivity index (χ1) is 9.71. The SMILES string of the molecule is Cc1c(N2CCCCC2C(N)=O)cc(N)cc1S(N)(=O)=O. The van der Waals surface area contributed by atoms with Gasteiger partial charge in [0.15, 0.2) is 0 Å². The normalized spacial score (nSPS) is 19.5. The summed E-state index contributed by atoms with van der Waals surface area (Å²) in [5.41, 5.74) is 12.6. The van der Waals surface area contributed by atoms with Crippen LogP contribution in [0.15, 0.2) is 17.0 Å². The molecule has 1 aliphatic rings. The summed E-state index contributed by atoms with van der Waals surface area (Å²) in [7, 11) is -3.88. The maximum Gasteiger partial charge on any atom is 0.240 e. The van der Waals surface area contributed by atoms with Gasteiger partial charge in [0.2, 0.25) is 15.9 Å². The third-order valence-electron chi connectivity index (χ3n) is 3.80. The Kier molecular flexibility index (Phi) is 4.11. The van der Waals surface area contributed by atoms with Gasteiger partial charge in [0.25, 0.3) is 0 Å². The van der Waals surface area contributed by atoms with Gasteiger partial charge in [-0.3, -0.25) is 4.79 Å². The molecule has 1 unspecified atom stereocenters. The maximum absolute atomic E-state index is 11.7. The Hall–Kier alpha value is -1.80. The molecule has 1 saturated heterocycles. The number of nitrogens with zero attached hydrogens (tertiary/aromatic N) is 1. The molecule has 8 heteroatoms. The second-order valence-electron chi connectivity index (χ2n) is 5.32. The maximum atomic E-state index is 11.7. The second kappa shape index (κ2) is 5.53. The summed E-state index contributed by atoms with van der Waals surface area (Å²) < 4.78 is 23.3. The minimum Gasteiger partial charge on any atom is -0.399 e. The smallest absolute Gasteiger partial charge is 0.240 e. The van der Waals surface area contributed by atoms with Gasteiger partial charge in [-0.05, 0) is 43.9 Å². The van der Waals surface area contributed by atoms with E-state index in [-0.39, 0.29) is 10.6 Å². The molecule has 1 fully saturated rings. The van der Waals surface area contributed by atoms with Crippen molar-refractivity contribution in [3.8, 4) is 0 Å². The molecule has 1 aliphatic heterocycles. The predicted molar refractivity (Wildman–Crippen MR) is 81.1 cm³/mol. The van der Waals surface area contributed by atoms with E-state index < -0.39 is 22.0 Å². The number of piperidine rings is 1. The van der Waals surface area contributed by atoms with E-state index in [1.165, 1.54) is 6.07 Å². The van der Waals surface area contributed by atoms with E-state index in [9.17, 15) is 13.2 Å². The average Bonchev–Trinajstić information content (AvgIpc) is 2.39. The molecule has 116 valence electrons. The van der Waals surface area contributed by atoms with Crippen molar-refractivity contribution in [1.29, 1.82) is 0 Å². The number of nitrogens with two attached hydrogens (primary N) is 3. The molecule has 1 heterocycles. The van der Waals surface area contributed by atoms with Crippen LogP contribution in [0.4, 0.5) is 11.4 Å². The highest BCUT2D eigenvalue weighted by Crippen LogP contribution is 2.33. The van der Waals surface area contributed by atoms with Crippen LogP contribution in [0, 0.1) is 6.92 Å². The number of nitrogen functional groups attached to an aromatic ring is 1. The summed E-state index contributed by atoms with van der Waals surface area (Å²) in [5, 5.41) is 5.23. The Balaban J connectivity index is 2.57. The van der Waals surface area contributed by atoms with Gasteiger partial charge in [-0.15, -0.1) is 0 Å². The zero-order chi connectivity index (χ0) is 15.8. The lowest BCUT2D eigenvalue weighted by Gasteiger charge is -2.37. The van der Waals surface area contributed by atoms with Crippen LogP contribution >= 0.6 is 0 Å². The molecular weight excluding hydrogens is 292 g/mol. The van der Waals surface area contributed by atoms with Crippen LogP contribution in [0.5, 0.6) is 0 Å². The van der Waals surface area contributed by atoms with Gasteiger partial charge >= 0.3 is 0 Å². The number of amides is 1. The Bertz CT molecular complexity index is 672. The molecule has 0 saturated carbocycles. The van der Waals surface area contributed by atoms with Gasteiger partial charge in [-0.1, -0.05) is 0 Å². The number of primary sulfonamides is 1. The van der Waals surface area contributed by atoms with E-state index in [1.807, 2.05) is 4.90 Å². The lowest BCUT2D eigenvalue weighted by molar-refractivity contribution is -0.119. The first-order valence-corrected chi connectivity index (χ1v) is 8.25. The van der Waals surface area contributed by atoms with Gasteiger partial charge in [0, 0.05) is 17.9 Å². The van der Waals surface area contributed by atoms with Crippen molar-refractivity contribution in [2.24, 2.45) is 10.9 Å². The molecule has 0 aromatic heterocycles. The molecule has 7 nitrogen and oxygen atoms in total. The Morgan fingerprint density at radius 1 is 1.33 bits per heavy atom. The summed E-state index contributed by atoms with van der Waals surface area (Å²) in [6.07, 6.45) is 2.46. The highest BCUT2D eigenvalue weighted by Gasteiger charge is 2.29. The number of hydrogen-bond acceptors (Lipinski definition) is 5. The fraction of sp³-hybridized carbons (Fsp3) is 0.462. The molecule has 6 N–H and O–H groups in total. The topological polar surface area (TPSA) is 133 Å². The number of carbonyl (C=O) groups excluding carboxylic acids is 1. The van der Waals surface area contributed by atoms with Gasteiger partial charge < -0.3 is 16.4 Å². The Morgan fingerprint density at radius 3 is 2.57 bits per heavy atom. The van der Waals surface area contributed by atoms with Crippen LogP contribution in [0.25, 0.3) is 0 Å². The third-order valence-corrected chi connectivity index (χ3v) is 4.84. The quantitative estimate of drug-likeness (QED) is 0.679. The molecule has 1 aromatic carbocycles. The van der Waals surface area contributed by atoms with E-state index in [2.05, 4.69) is 0 Å². The summed E-state index contributed by atoms with van der Waals surface area (Å²) in [6, 6.07) is 2.54. The molecule has 1 aromatic rings. The Labute approximate surface area is 124 Å². The highest BCUT2D eigenvalue weighted by molar-refractivity contribution is 7.89. The number of benzene rings is 1. The van der Waals surface area contributed by atoms with Crippen molar-refractivity contribution >= 4 is 27.3 Å². The summed E-state index contributed by atoms with van der Waals surface area (Å²) in [6.45, 7) is 2.28. The molecule has 2 rings (SSSR count). The van der Waals surface area contributed by atoms with Crippen LogP contribution < -0.4 is 21.5 Å². The van der Waals surface area contributed by atoms with Crippen LogP contribution in [-0.2, 0) is 14.8 Å². The fourth-order valence-corrected chi connectivity index (χ4v) is 3.63. The number of sulfonamides is 1. The van der Waals surface area contributed by atoms with Crippen LogP contribution in [-0.4, -0.2) is 26.9 Å². The summed E-state index contributed by atoms with van der Waals surface area (Å²) >= 11 is 0. The highest BCUT2D eigenvalue weighted by atomic mass is 32.2. The van der Waals surface area contributed by atoms with E-state index in [4.69, 9.17) is 16.6 Å². The molecule has 0 aliphatic carbocycles. The Morgan fingerprint density at radius 2 is 2.00 bits per heavy atom.